The molecule has 0 saturated heterocycles. The van der Waals surface area contributed by atoms with Gasteiger partial charge in [0.1, 0.15) is 0 Å². The van der Waals surface area contributed by atoms with Gasteiger partial charge in [-0.25, -0.2) is 19.1 Å². The van der Waals surface area contributed by atoms with Crippen LogP contribution in [0, 0.1) is 0 Å². The first-order valence-corrected chi connectivity index (χ1v) is 7.12. The van der Waals surface area contributed by atoms with Crippen LogP contribution in [0.1, 0.15) is 0 Å². The number of urea groups is 2. The van der Waals surface area contributed by atoms with Gasteiger partial charge in [0.2, 0.25) is 0 Å². The quantitative estimate of drug-likeness (QED) is 0.591. The molecule has 0 atom stereocenters. The molecule has 9 nitrogen and oxygen atoms in total. The highest BCUT2D eigenvalue weighted by Crippen LogP contribution is 2.12. The summed E-state index contributed by atoms with van der Waals surface area (Å²) in [5.74, 6) is 0.701. The Labute approximate surface area is 137 Å². The lowest BCUT2D eigenvalue weighted by atomic mass is 10.3. The van der Waals surface area contributed by atoms with Crippen molar-refractivity contribution in [2.24, 2.45) is 0 Å². The second kappa shape index (κ2) is 6.65. The average Bonchev–Trinajstić information content (AvgIpc) is 2.97. The lowest BCUT2D eigenvalue weighted by Gasteiger charge is -2.06. The van der Waals surface area contributed by atoms with E-state index in [4.69, 9.17) is 0 Å². The minimum Gasteiger partial charge on any atom is -0.341 e. The Kier molecular flexibility index (Phi) is 4.23. The van der Waals surface area contributed by atoms with E-state index in [1.807, 2.05) is 18.2 Å². The van der Waals surface area contributed by atoms with Gasteiger partial charge in [0.15, 0.2) is 17.3 Å². The van der Waals surface area contributed by atoms with Gasteiger partial charge in [-0.2, -0.15) is 0 Å². The van der Waals surface area contributed by atoms with Crippen molar-refractivity contribution < 1.29 is 9.59 Å². The molecule has 2 aromatic heterocycles. The van der Waals surface area contributed by atoms with E-state index in [-0.39, 0.29) is 6.03 Å². The van der Waals surface area contributed by atoms with Gasteiger partial charge in [-0.3, -0.25) is 10.6 Å². The fraction of sp³-hybridized carbons (Fsp3) is 0.0667. The molecule has 3 aromatic rings. The van der Waals surface area contributed by atoms with Gasteiger partial charge < -0.3 is 10.6 Å². The van der Waals surface area contributed by atoms with Crippen LogP contribution < -0.4 is 21.3 Å². The number of nitrogens with zero attached hydrogens (tertiary/aromatic N) is 3. The van der Waals surface area contributed by atoms with Crippen molar-refractivity contribution in [3.63, 3.8) is 0 Å². The van der Waals surface area contributed by atoms with E-state index in [2.05, 4.69) is 31.3 Å². The van der Waals surface area contributed by atoms with Crippen LogP contribution in [0.15, 0.2) is 48.7 Å². The zero-order valence-corrected chi connectivity index (χ0v) is 12.8. The van der Waals surface area contributed by atoms with Gasteiger partial charge in [0.05, 0.1) is 6.20 Å². The maximum absolute atomic E-state index is 12.0. The maximum Gasteiger partial charge on any atom is 0.324 e. The van der Waals surface area contributed by atoms with Crippen LogP contribution in [-0.2, 0) is 0 Å². The van der Waals surface area contributed by atoms with E-state index >= 15 is 0 Å². The van der Waals surface area contributed by atoms with Crippen LogP contribution in [0.25, 0.3) is 5.65 Å². The highest BCUT2D eigenvalue weighted by atomic mass is 16.2. The fourth-order valence-corrected chi connectivity index (χ4v) is 1.99. The second-order valence-electron chi connectivity index (χ2n) is 4.80. The molecule has 4 N–H and O–H groups in total. The number of para-hydroxylation sites is 1. The summed E-state index contributed by atoms with van der Waals surface area (Å²) in [6.07, 6.45) is 1.55. The molecule has 1 aromatic carbocycles. The Hall–Kier alpha value is -3.62. The Balaban J connectivity index is 1.71. The molecule has 0 unspecified atom stereocenters. The third-order valence-electron chi connectivity index (χ3n) is 3.06. The van der Waals surface area contributed by atoms with Crippen LogP contribution in [0.4, 0.5) is 26.9 Å². The molecule has 4 amide bonds. The first-order valence-electron chi connectivity index (χ1n) is 7.12. The number of amides is 4. The zero-order chi connectivity index (χ0) is 16.9. The molecule has 2 heterocycles. The molecule has 0 spiro atoms. The van der Waals surface area contributed by atoms with Gasteiger partial charge in [0, 0.05) is 12.7 Å². The van der Waals surface area contributed by atoms with Gasteiger partial charge >= 0.3 is 12.1 Å². The van der Waals surface area contributed by atoms with Crippen LogP contribution in [0.2, 0.25) is 0 Å². The van der Waals surface area contributed by atoms with Crippen molar-refractivity contribution in [1.29, 1.82) is 0 Å². The largest absolute Gasteiger partial charge is 0.341 e. The summed E-state index contributed by atoms with van der Waals surface area (Å²) >= 11 is 0. The zero-order valence-electron chi connectivity index (χ0n) is 12.8. The number of fused-ring (bicyclic) bond motifs is 1. The van der Waals surface area contributed by atoms with Crippen LogP contribution >= 0.6 is 0 Å². The topological polar surface area (TPSA) is 112 Å². The molecule has 0 aliphatic rings. The highest BCUT2D eigenvalue weighted by Gasteiger charge is 2.08. The number of rotatable bonds is 3. The summed E-state index contributed by atoms with van der Waals surface area (Å²) < 4.78 is 1.46. The van der Waals surface area contributed by atoms with Crippen molar-refractivity contribution >= 4 is 35.0 Å². The second-order valence-corrected chi connectivity index (χ2v) is 4.80. The Morgan fingerprint density at radius 3 is 2.42 bits per heavy atom. The molecule has 0 radical (unpaired) electrons. The molecule has 0 bridgehead atoms. The third kappa shape index (κ3) is 3.58. The normalized spacial score (nSPS) is 10.2. The molecule has 0 saturated carbocycles. The number of imidazole rings is 1. The first-order chi connectivity index (χ1) is 11.6. The molecular formula is C15H15N7O2. The van der Waals surface area contributed by atoms with Gasteiger partial charge in [-0.1, -0.05) is 18.2 Å². The molecule has 0 fully saturated rings. The SMILES string of the molecule is CNC(=O)Nc1cn2nc(NC(=O)Nc3ccccc3)ccc2n1. The maximum atomic E-state index is 12.0. The minimum absolute atomic E-state index is 0.347. The first kappa shape index (κ1) is 15.3. The molecule has 9 heteroatoms. The Bertz CT molecular complexity index is 876. The summed E-state index contributed by atoms with van der Waals surface area (Å²) in [4.78, 5) is 27.4. The third-order valence-corrected chi connectivity index (χ3v) is 3.06. The number of nitrogens with one attached hydrogen (secondary N) is 4. The van der Waals surface area contributed by atoms with E-state index in [9.17, 15) is 9.59 Å². The Morgan fingerprint density at radius 1 is 0.917 bits per heavy atom. The summed E-state index contributed by atoms with van der Waals surface area (Å²) in [5, 5.41) is 14.5. The Morgan fingerprint density at radius 2 is 1.67 bits per heavy atom. The van der Waals surface area contributed by atoms with Crippen molar-refractivity contribution in [2.45, 2.75) is 0 Å². The van der Waals surface area contributed by atoms with E-state index in [1.54, 1.807) is 30.5 Å². The predicted molar refractivity (Wildman–Crippen MR) is 90.1 cm³/mol. The van der Waals surface area contributed by atoms with Crippen LogP contribution in [0.5, 0.6) is 0 Å². The number of hydrogen-bond acceptors (Lipinski definition) is 4. The van der Waals surface area contributed by atoms with Gasteiger partial charge in [-0.05, 0) is 24.3 Å². The lowest BCUT2D eigenvalue weighted by Crippen LogP contribution is -2.24. The summed E-state index contributed by atoms with van der Waals surface area (Å²) in [6.45, 7) is 0. The standard InChI is InChI=1S/C15H15N7O2/c1-16-14(23)20-12-9-22-13(18-12)8-7-11(21-22)19-15(24)17-10-5-3-2-4-6-10/h2-9H,1H3,(H2,16,20,23)(H2,17,19,21,24). The summed E-state index contributed by atoms with van der Waals surface area (Å²) in [6, 6.07) is 11.6. The molecular weight excluding hydrogens is 310 g/mol. The van der Waals surface area contributed by atoms with Crippen molar-refractivity contribution in [3.05, 3.63) is 48.7 Å². The van der Waals surface area contributed by atoms with Crippen molar-refractivity contribution in [2.75, 3.05) is 23.0 Å². The molecule has 122 valence electrons. The smallest absolute Gasteiger partial charge is 0.324 e. The minimum atomic E-state index is -0.406. The number of aromatic nitrogens is 3. The van der Waals surface area contributed by atoms with E-state index in [1.165, 1.54) is 11.6 Å². The summed E-state index contributed by atoms with van der Waals surface area (Å²) in [5.41, 5.74) is 1.21. The predicted octanol–water partition coefficient (Wildman–Crippen LogP) is 2.12. The number of carbonyl (C=O) groups is 2. The summed E-state index contributed by atoms with van der Waals surface area (Å²) in [7, 11) is 1.51. The highest BCUT2D eigenvalue weighted by molar-refractivity contribution is 5.99. The van der Waals surface area contributed by atoms with E-state index in [0.717, 1.165) is 0 Å². The van der Waals surface area contributed by atoms with E-state index in [0.29, 0.717) is 23.0 Å². The van der Waals surface area contributed by atoms with Crippen molar-refractivity contribution in [1.82, 2.24) is 19.9 Å². The fourth-order valence-electron chi connectivity index (χ4n) is 1.99. The molecule has 3 rings (SSSR count). The van der Waals surface area contributed by atoms with Gasteiger partial charge in [-0.15, -0.1) is 5.10 Å². The molecule has 0 aliphatic carbocycles. The van der Waals surface area contributed by atoms with Gasteiger partial charge in [0.25, 0.3) is 0 Å². The number of anilines is 3. The molecule has 24 heavy (non-hydrogen) atoms. The van der Waals surface area contributed by atoms with E-state index < -0.39 is 6.03 Å². The molecule has 0 aliphatic heterocycles. The lowest BCUT2D eigenvalue weighted by molar-refractivity contribution is 0.254. The van der Waals surface area contributed by atoms with Crippen LogP contribution in [-0.4, -0.2) is 33.7 Å². The van der Waals surface area contributed by atoms with Crippen LogP contribution in [0.3, 0.4) is 0 Å². The number of carbonyl (C=O) groups excluding carboxylic acids is 2. The average molecular weight is 325 g/mol. The number of hydrogen-bond donors (Lipinski definition) is 4. The van der Waals surface area contributed by atoms with Crippen molar-refractivity contribution in [3.8, 4) is 0 Å². The number of benzene rings is 1. The monoisotopic (exact) mass is 325 g/mol.